The van der Waals surface area contributed by atoms with Crippen LogP contribution < -0.4 is 10.2 Å². The summed E-state index contributed by atoms with van der Waals surface area (Å²) in [6, 6.07) is 1.71. The minimum atomic E-state index is -0.899. The first-order valence-electron chi connectivity index (χ1n) is 6.62. The zero-order chi connectivity index (χ0) is 14.0. The van der Waals surface area contributed by atoms with E-state index in [1.807, 2.05) is 19.0 Å². The Balaban J connectivity index is 0.00000200. The summed E-state index contributed by atoms with van der Waals surface area (Å²) in [5.74, 6) is -0.267. The largest absolute Gasteiger partial charge is 0.478 e. The van der Waals surface area contributed by atoms with Gasteiger partial charge < -0.3 is 15.3 Å². The van der Waals surface area contributed by atoms with Crippen molar-refractivity contribution in [3.05, 3.63) is 23.5 Å². The molecule has 1 aromatic heterocycles. The number of carboxylic acid groups (broad SMARTS) is 1. The SMILES string of the molecule is CC(c1ncc(N(C)C)cc1C(=O)O)C1CCNC1.Cl. The molecule has 2 atom stereocenters. The average Bonchev–Trinajstić information content (AvgIpc) is 2.90. The fourth-order valence-electron chi connectivity index (χ4n) is 2.57. The number of hydrogen-bond acceptors (Lipinski definition) is 4. The lowest BCUT2D eigenvalue weighted by molar-refractivity contribution is 0.0694. The number of pyridine rings is 1. The maximum absolute atomic E-state index is 11.4. The normalized spacial score (nSPS) is 19.2. The third-order valence-electron chi connectivity index (χ3n) is 3.89. The molecule has 0 bridgehead atoms. The van der Waals surface area contributed by atoms with E-state index in [1.165, 1.54) is 0 Å². The monoisotopic (exact) mass is 299 g/mol. The molecule has 0 saturated carbocycles. The molecular weight excluding hydrogens is 278 g/mol. The molecule has 112 valence electrons. The molecule has 1 fully saturated rings. The number of rotatable bonds is 4. The average molecular weight is 300 g/mol. The second-order valence-corrected chi connectivity index (χ2v) is 5.37. The summed E-state index contributed by atoms with van der Waals surface area (Å²) in [6.45, 7) is 4.02. The number of nitrogens with one attached hydrogen (secondary N) is 1. The van der Waals surface area contributed by atoms with Gasteiger partial charge in [-0.25, -0.2) is 4.79 Å². The van der Waals surface area contributed by atoms with Gasteiger partial charge in [0.1, 0.15) is 0 Å². The van der Waals surface area contributed by atoms with Gasteiger partial charge in [-0.15, -0.1) is 12.4 Å². The van der Waals surface area contributed by atoms with Gasteiger partial charge in [0.2, 0.25) is 0 Å². The molecule has 6 heteroatoms. The summed E-state index contributed by atoms with van der Waals surface area (Å²) in [5, 5.41) is 12.7. The van der Waals surface area contributed by atoms with Crippen molar-refractivity contribution in [1.82, 2.24) is 10.3 Å². The zero-order valence-electron chi connectivity index (χ0n) is 12.1. The van der Waals surface area contributed by atoms with Crippen molar-refractivity contribution < 1.29 is 9.90 Å². The lowest BCUT2D eigenvalue weighted by Gasteiger charge is -2.21. The molecular formula is C14H22ClN3O2. The first kappa shape index (κ1) is 16.7. The quantitative estimate of drug-likeness (QED) is 0.890. The molecule has 1 aliphatic heterocycles. The van der Waals surface area contributed by atoms with E-state index < -0.39 is 5.97 Å². The number of carboxylic acids is 1. The summed E-state index contributed by atoms with van der Waals surface area (Å²) < 4.78 is 0. The van der Waals surface area contributed by atoms with Crippen LogP contribution in [0.1, 0.15) is 35.3 Å². The predicted molar refractivity (Wildman–Crippen MR) is 82.2 cm³/mol. The van der Waals surface area contributed by atoms with Crippen LogP contribution in [0.3, 0.4) is 0 Å². The maximum atomic E-state index is 11.4. The third kappa shape index (κ3) is 3.41. The molecule has 20 heavy (non-hydrogen) atoms. The van der Waals surface area contributed by atoms with E-state index in [0.717, 1.165) is 25.2 Å². The number of halogens is 1. The van der Waals surface area contributed by atoms with Gasteiger partial charge in [-0.05, 0) is 31.5 Å². The van der Waals surface area contributed by atoms with Gasteiger partial charge in [0.05, 0.1) is 23.1 Å². The van der Waals surface area contributed by atoms with Gasteiger partial charge in [0.25, 0.3) is 0 Å². The molecule has 1 aromatic rings. The molecule has 1 saturated heterocycles. The van der Waals surface area contributed by atoms with E-state index >= 15 is 0 Å². The van der Waals surface area contributed by atoms with Gasteiger partial charge in [0, 0.05) is 20.0 Å². The number of carbonyl (C=O) groups is 1. The Bertz CT molecular complexity index is 473. The molecule has 0 radical (unpaired) electrons. The summed E-state index contributed by atoms with van der Waals surface area (Å²) in [6.07, 6.45) is 2.83. The molecule has 5 nitrogen and oxygen atoms in total. The van der Waals surface area contributed by atoms with Crippen LogP contribution in [0.25, 0.3) is 0 Å². The van der Waals surface area contributed by atoms with Crippen molar-refractivity contribution in [1.29, 1.82) is 0 Å². The second kappa shape index (κ2) is 6.90. The van der Waals surface area contributed by atoms with E-state index in [4.69, 9.17) is 0 Å². The maximum Gasteiger partial charge on any atom is 0.337 e. The lowest BCUT2D eigenvalue weighted by Crippen LogP contribution is -2.19. The first-order chi connectivity index (χ1) is 9.00. The Labute approximate surface area is 125 Å². The second-order valence-electron chi connectivity index (χ2n) is 5.37. The minimum Gasteiger partial charge on any atom is -0.478 e. The van der Waals surface area contributed by atoms with Crippen molar-refractivity contribution in [3.63, 3.8) is 0 Å². The van der Waals surface area contributed by atoms with Crippen LogP contribution in [0.4, 0.5) is 5.69 Å². The van der Waals surface area contributed by atoms with Gasteiger partial charge >= 0.3 is 5.97 Å². The molecule has 0 aliphatic carbocycles. The molecule has 1 aliphatic rings. The summed E-state index contributed by atoms with van der Waals surface area (Å²) >= 11 is 0. The van der Waals surface area contributed by atoms with Gasteiger partial charge in [-0.3, -0.25) is 4.98 Å². The topological polar surface area (TPSA) is 65.5 Å². The highest BCUT2D eigenvalue weighted by molar-refractivity contribution is 5.90. The Kier molecular flexibility index (Phi) is 5.77. The molecule has 0 amide bonds. The van der Waals surface area contributed by atoms with Crippen LogP contribution in [0.2, 0.25) is 0 Å². The van der Waals surface area contributed by atoms with Gasteiger partial charge in [-0.2, -0.15) is 0 Å². The van der Waals surface area contributed by atoms with Crippen LogP contribution in [-0.4, -0.2) is 43.2 Å². The number of hydrogen-bond donors (Lipinski definition) is 2. The van der Waals surface area contributed by atoms with E-state index in [0.29, 0.717) is 17.2 Å². The highest BCUT2D eigenvalue weighted by Gasteiger charge is 2.27. The van der Waals surface area contributed by atoms with Crippen LogP contribution in [-0.2, 0) is 0 Å². The number of aromatic nitrogens is 1. The highest BCUT2D eigenvalue weighted by atomic mass is 35.5. The molecule has 2 unspecified atom stereocenters. The van der Waals surface area contributed by atoms with Crippen LogP contribution >= 0.6 is 12.4 Å². The standard InChI is InChI=1S/C14H21N3O2.ClH/c1-9(10-4-5-15-7-10)13-12(14(18)19)6-11(8-16-13)17(2)3;/h6,8-10,15H,4-5,7H2,1-3H3,(H,18,19);1H. The Hall–Kier alpha value is -1.33. The van der Waals surface area contributed by atoms with E-state index in [2.05, 4.69) is 17.2 Å². The van der Waals surface area contributed by atoms with Crippen molar-refractivity contribution in [2.24, 2.45) is 5.92 Å². The third-order valence-corrected chi connectivity index (χ3v) is 3.89. The fourth-order valence-corrected chi connectivity index (χ4v) is 2.57. The minimum absolute atomic E-state index is 0. The van der Waals surface area contributed by atoms with Gasteiger partial charge in [0.15, 0.2) is 0 Å². The summed E-state index contributed by atoms with van der Waals surface area (Å²) in [7, 11) is 3.76. The number of nitrogens with zero attached hydrogens (tertiary/aromatic N) is 2. The Morgan fingerprint density at radius 1 is 1.55 bits per heavy atom. The fraction of sp³-hybridized carbons (Fsp3) is 0.571. The van der Waals surface area contributed by atoms with Crippen LogP contribution in [0.15, 0.2) is 12.3 Å². The molecule has 2 rings (SSSR count). The molecule has 0 spiro atoms. The van der Waals surface area contributed by atoms with E-state index in [1.54, 1.807) is 12.3 Å². The predicted octanol–water partition coefficient (Wildman–Crippen LogP) is 1.98. The summed E-state index contributed by atoms with van der Waals surface area (Å²) in [5.41, 5.74) is 1.84. The first-order valence-corrected chi connectivity index (χ1v) is 6.62. The van der Waals surface area contributed by atoms with Crippen molar-refractivity contribution in [3.8, 4) is 0 Å². The molecule has 2 heterocycles. The molecule has 0 aromatic carbocycles. The number of aromatic carboxylic acids is 1. The summed E-state index contributed by atoms with van der Waals surface area (Å²) in [4.78, 5) is 17.7. The van der Waals surface area contributed by atoms with Crippen molar-refractivity contribution in [2.75, 3.05) is 32.1 Å². The lowest BCUT2D eigenvalue weighted by atomic mass is 9.88. The molecule has 2 N–H and O–H groups in total. The Morgan fingerprint density at radius 2 is 2.25 bits per heavy atom. The van der Waals surface area contributed by atoms with Crippen molar-refractivity contribution in [2.45, 2.75) is 19.3 Å². The van der Waals surface area contributed by atoms with E-state index in [-0.39, 0.29) is 18.3 Å². The van der Waals surface area contributed by atoms with Crippen molar-refractivity contribution >= 4 is 24.1 Å². The number of anilines is 1. The zero-order valence-corrected chi connectivity index (χ0v) is 12.9. The van der Waals surface area contributed by atoms with Crippen LogP contribution in [0.5, 0.6) is 0 Å². The van der Waals surface area contributed by atoms with Gasteiger partial charge in [-0.1, -0.05) is 6.92 Å². The highest BCUT2D eigenvalue weighted by Crippen LogP contribution is 2.30. The Morgan fingerprint density at radius 3 is 2.75 bits per heavy atom. The van der Waals surface area contributed by atoms with Crippen LogP contribution in [0, 0.1) is 5.92 Å². The van der Waals surface area contributed by atoms with E-state index in [9.17, 15) is 9.90 Å². The smallest absolute Gasteiger partial charge is 0.337 e.